The third kappa shape index (κ3) is 3.74. The minimum atomic E-state index is -0.325. The van der Waals surface area contributed by atoms with E-state index in [2.05, 4.69) is 20.4 Å². The van der Waals surface area contributed by atoms with Gasteiger partial charge in [-0.05, 0) is 48.5 Å². The number of fused-ring (bicyclic) bond motifs is 1. The SMILES string of the molecule is O=C(Nc1ccc2[nH]c(=O)[nH]c2c1)c1cc(-c2ccc(Cl)cc2)nn1-c1ccccc1. The summed E-state index contributed by atoms with van der Waals surface area (Å²) in [6.45, 7) is 0. The van der Waals surface area contributed by atoms with Crippen LogP contribution in [0.5, 0.6) is 0 Å². The van der Waals surface area contributed by atoms with E-state index in [9.17, 15) is 9.59 Å². The van der Waals surface area contributed by atoms with Crippen molar-refractivity contribution in [2.75, 3.05) is 5.32 Å². The van der Waals surface area contributed by atoms with E-state index >= 15 is 0 Å². The van der Waals surface area contributed by atoms with Crippen molar-refractivity contribution in [3.8, 4) is 16.9 Å². The number of imidazole rings is 1. The lowest BCUT2D eigenvalue weighted by Gasteiger charge is -2.08. The van der Waals surface area contributed by atoms with Crippen LogP contribution >= 0.6 is 11.6 Å². The minimum Gasteiger partial charge on any atom is -0.321 e. The first-order valence-electron chi connectivity index (χ1n) is 9.52. The molecule has 0 aliphatic rings. The highest BCUT2D eigenvalue weighted by Gasteiger charge is 2.18. The van der Waals surface area contributed by atoms with Crippen molar-refractivity contribution < 1.29 is 4.79 Å². The van der Waals surface area contributed by atoms with E-state index in [1.54, 1.807) is 41.1 Å². The molecule has 2 aromatic heterocycles. The molecule has 5 aromatic rings. The number of para-hydroxylation sites is 1. The standard InChI is InChI=1S/C23H16ClN5O2/c24-15-8-6-14(7-9-15)19-13-21(29(28-19)17-4-2-1-3-5-17)22(30)25-16-10-11-18-20(12-16)27-23(31)26-18/h1-13H,(H,25,30)(H2,26,27,31). The number of aromatic amines is 2. The molecule has 0 fully saturated rings. The second-order valence-electron chi connectivity index (χ2n) is 6.96. The number of carbonyl (C=O) groups is 1. The van der Waals surface area contributed by atoms with Gasteiger partial charge in [-0.1, -0.05) is 41.9 Å². The normalized spacial score (nSPS) is 11.0. The Hall–Kier alpha value is -4.10. The van der Waals surface area contributed by atoms with Crippen LogP contribution in [0.25, 0.3) is 28.0 Å². The maximum atomic E-state index is 13.2. The van der Waals surface area contributed by atoms with Gasteiger partial charge in [0.2, 0.25) is 0 Å². The van der Waals surface area contributed by atoms with Gasteiger partial charge in [-0.3, -0.25) is 4.79 Å². The highest BCUT2D eigenvalue weighted by molar-refractivity contribution is 6.30. The molecule has 0 bridgehead atoms. The molecule has 0 aliphatic heterocycles. The first kappa shape index (κ1) is 18.9. The molecule has 7 nitrogen and oxygen atoms in total. The quantitative estimate of drug-likeness (QED) is 0.389. The minimum absolute atomic E-state index is 0.298. The average Bonchev–Trinajstić information content (AvgIpc) is 3.38. The van der Waals surface area contributed by atoms with Crippen LogP contribution in [0, 0.1) is 0 Å². The number of amides is 1. The van der Waals surface area contributed by atoms with Crippen molar-refractivity contribution in [1.29, 1.82) is 0 Å². The highest BCUT2D eigenvalue weighted by atomic mass is 35.5. The number of nitrogens with zero attached hydrogens (tertiary/aromatic N) is 2. The number of halogens is 1. The summed E-state index contributed by atoms with van der Waals surface area (Å²) in [4.78, 5) is 30.0. The fourth-order valence-corrected chi connectivity index (χ4v) is 3.50. The summed E-state index contributed by atoms with van der Waals surface area (Å²) in [6.07, 6.45) is 0. The third-order valence-corrected chi connectivity index (χ3v) is 5.11. The Kier molecular flexibility index (Phi) is 4.65. The zero-order chi connectivity index (χ0) is 21.4. The Balaban J connectivity index is 1.54. The van der Waals surface area contributed by atoms with Gasteiger partial charge in [-0.2, -0.15) is 5.10 Å². The summed E-state index contributed by atoms with van der Waals surface area (Å²) in [7, 11) is 0. The summed E-state index contributed by atoms with van der Waals surface area (Å²) in [5.74, 6) is -0.325. The van der Waals surface area contributed by atoms with E-state index in [0.717, 1.165) is 11.3 Å². The molecule has 152 valence electrons. The third-order valence-electron chi connectivity index (χ3n) is 4.86. The molecule has 1 amide bonds. The van der Waals surface area contributed by atoms with Gasteiger partial charge >= 0.3 is 5.69 Å². The number of anilines is 1. The van der Waals surface area contributed by atoms with Crippen LogP contribution in [0.15, 0.2) is 83.7 Å². The molecule has 3 N–H and O–H groups in total. The van der Waals surface area contributed by atoms with Gasteiger partial charge in [0.05, 0.1) is 22.4 Å². The van der Waals surface area contributed by atoms with Crippen molar-refractivity contribution >= 4 is 34.2 Å². The Labute approximate surface area is 181 Å². The first-order chi connectivity index (χ1) is 15.1. The number of hydrogen-bond acceptors (Lipinski definition) is 3. The van der Waals surface area contributed by atoms with E-state index in [4.69, 9.17) is 11.6 Å². The Morgan fingerprint density at radius 2 is 1.65 bits per heavy atom. The topological polar surface area (TPSA) is 95.6 Å². The summed E-state index contributed by atoms with van der Waals surface area (Å²) in [5, 5.41) is 8.17. The van der Waals surface area contributed by atoms with Crippen LogP contribution in [0.3, 0.4) is 0 Å². The second-order valence-corrected chi connectivity index (χ2v) is 7.40. The lowest BCUT2D eigenvalue weighted by molar-refractivity contribution is 0.101. The second kappa shape index (κ2) is 7.62. The number of hydrogen-bond donors (Lipinski definition) is 3. The number of rotatable bonds is 4. The summed E-state index contributed by atoms with van der Waals surface area (Å²) < 4.78 is 1.61. The monoisotopic (exact) mass is 429 g/mol. The van der Waals surface area contributed by atoms with Gasteiger partial charge in [0.1, 0.15) is 5.69 Å². The summed E-state index contributed by atoms with van der Waals surface area (Å²) >= 11 is 6.00. The van der Waals surface area contributed by atoms with E-state index < -0.39 is 0 Å². The van der Waals surface area contributed by atoms with Gasteiger partial charge in [-0.15, -0.1) is 0 Å². The number of carbonyl (C=O) groups excluding carboxylic acids is 1. The largest absolute Gasteiger partial charge is 0.323 e. The van der Waals surface area contributed by atoms with Crippen molar-refractivity contribution in [3.05, 3.63) is 100 Å². The Bertz CT molecular complexity index is 1450. The summed E-state index contributed by atoms with van der Waals surface area (Å²) in [6, 6.07) is 23.6. The van der Waals surface area contributed by atoms with Crippen LogP contribution < -0.4 is 11.0 Å². The first-order valence-corrected chi connectivity index (χ1v) is 9.89. The molecule has 0 spiro atoms. The maximum Gasteiger partial charge on any atom is 0.323 e. The molecule has 0 atom stereocenters. The number of nitrogens with one attached hydrogen (secondary N) is 3. The van der Waals surface area contributed by atoms with Crippen LogP contribution in [0.4, 0.5) is 5.69 Å². The lowest BCUT2D eigenvalue weighted by atomic mass is 10.1. The smallest absolute Gasteiger partial charge is 0.321 e. The van der Waals surface area contributed by atoms with Crippen LogP contribution in [-0.4, -0.2) is 25.7 Å². The van der Waals surface area contributed by atoms with Gasteiger partial charge in [0.25, 0.3) is 5.91 Å². The molecule has 0 aliphatic carbocycles. The van der Waals surface area contributed by atoms with Gasteiger partial charge in [0.15, 0.2) is 0 Å². The Morgan fingerprint density at radius 3 is 2.42 bits per heavy atom. The number of aromatic nitrogens is 4. The molecular weight excluding hydrogens is 414 g/mol. The molecule has 3 aromatic carbocycles. The maximum absolute atomic E-state index is 13.2. The molecule has 0 unspecified atom stereocenters. The molecule has 31 heavy (non-hydrogen) atoms. The van der Waals surface area contributed by atoms with Crippen molar-refractivity contribution in [3.63, 3.8) is 0 Å². The molecule has 5 rings (SSSR count). The fraction of sp³-hybridized carbons (Fsp3) is 0. The zero-order valence-electron chi connectivity index (χ0n) is 16.1. The van der Waals surface area contributed by atoms with Crippen molar-refractivity contribution in [1.82, 2.24) is 19.7 Å². The van der Waals surface area contributed by atoms with E-state index in [1.165, 1.54) is 0 Å². The predicted octanol–water partition coefficient (Wildman–Crippen LogP) is 4.61. The Morgan fingerprint density at radius 1 is 0.903 bits per heavy atom. The number of benzene rings is 3. The zero-order valence-corrected chi connectivity index (χ0v) is 16.9. The molecule has 0 radical (unpaired) electrons. The van der Waals surface area contributed by atoms with E-state index in [0.29, 0.717) is 33.1 Å². The van der Waals surface area contributed by atoms with E-state index in [-0.39, 0.29) is 11.6 Å². The van der Waals surface area contributed by atoms with Crippen LogP contribution in [0.2, 0.25) is 5.02 Å². The highest BCUT2D eigenvalue weighted by Crippen LogP contribution is 2.24. The van der Waals surface area contributed by atoms with Gasteiger partial charge in [-0.25, -0.2) is 9.48 Å². The van der Waals surface area contributed by atoms with Gasteiger partial charge in [0, 0.05) is 16.3 Å². The number of H-pyrrole nitrogens is 2. The summed E-state index contributed by atoms with van der Waals surface area (Å²) in [5.41, 5.74) is 4.17. The lowest BCUT2D eigenvalue weighted by Crippen LogP contribution is -2.16. The molecule has 0 saturated heterocycles. The van der Waals surface area contributed by atoms with Gasteiger partial charge < -0.3 is 15.3 Å². The molecular formula is C23H16ClN5O2. The van der Waals surface area contributed by atoms with Crippen molar-refractivity contribution in [2.45, 2.75) is 0 Å². The molecule has 8 heteroatoms. The van der Waals surface area contributed by atoms with Crippen LogP contribution in [0.1, 0.15) is 10.5 Å². The van der Waals surface area contributed by atoms with Crippen LogP contribution in [-0.2, 0) is 0 Å². The molecule has 2 heterocycles. The predicted molar refractivity (Wildman–Crippen MR) is 121 cm³/mol. The fourth-order valence-electron chi connectivity index (χ4n) is 3.38. The molecule has 0 saturated carbocycles. The van der Waals surface area contributed by atoms with E-state index in [1.807, 2.05) is 42.5 Å². The van der Waals surface area contributed by atoms with Crippen molar-refractivity contribution in [2.24, 2.45) is 0 Å². The average molecular weight is 430 g/mol.